The summed E-state index contributed by atoms with van der Waals surface area (Å²) < 4.78 is 16.9. The molecular formula is C14H26O4. The van der Waals surface area contributed by atoms with Crippen LogP contribution in [0.15, 0.2) is 0 Å². The van der Waals surface area contributed by atoms with Gasteiger partial charge in [-0.15, -0.1) is 0 Å². The van der Waals surface area contributed by atoms with Gasteiger partial charge in [0.05, 0.1) is 24.4 Å². The molecule has 1 N–H and O–H groups in total. The molecule has 2 aliphatic heterocycles. The van der Waals surface area contributed by atoms with Crippen LogP contribution in [0.2, 0.25) is 0 Å². The van der Waals surface area contributed by atoms with Gasteiger partial charge in [-0.2, -0.15) is 0 Å². The highest BCUT2D eigenvalue weighted by atomic mass is 16.5. The first-order valence-electron chi connectivity index (χ1n) is 7.13. The van der Waals surface area contributed by atoms with E-state index in [1.165, 1.54) is 0 Å². The molecule has 2 unspecified atom stereocenters. The van der Waals surface area contributed by atoms with Crippen LogP contribution in [0.1, 0.15) is 39.5 Å². The number of hydrogen-bond acceptors (Lipinski definition) is 4. The highest BCUT2D eigenvalue weighted by Crippen LogP contribution is 2.38. The van der Waals surface area contributed by atoms with Gasteiger partial charge in [0.25, 0.3) is 0 Å². The fourth-order valence-electron chi connectivity index (χ4n) is 2.91. The minimum atomic E-state index is -0.365. The molecule has 0 aromatic heterocycles. The van der Waals surface area contributed by atoms with Crippen molar-refractivity contribution < 1.29 is 19.3 Å². The Morgan fingerprint density at radius 3 is 2.67 bits per heavy atom. The summed E-state index contributed by atoms with van der Waals surface area (Å²) >= 11 is 0. The molecule has 2 rings (SSSR count). The number of hydrogen-bond donors (Lipinski definition) is 1. The molecule has 2 saturated heterocycles. The van der Waals surface area contributed by atoms with Crippen molar-refractivity contribution in [3.63, 3.8) is 0 Å². The van der Waals surface area contributed by atoms with Crippen molar-refractivity contribution in [1.82, 2.24) is 0 Å². The third kappa shape index (κ3) is 3.67. The molecule has 0 amide bonds. The van der Waals surface area contributed by atoms with Crippen molar-refractivity contribution in [3.05, 3.63) is 0 Å². The van der Waals surface area contributed by atoms with Crippen LogP contribution in [-0.4, -0.2) is 49.3 Å². The molecule has 2 aliphatic rings. The quantitative estimate of drug-likeness (QED) is 0.834. The molecule has 1 spiro atoms. The van der Waals surface area contributed by atoms with Crippen molar-refractivity contribution in [2.45, 2.75) is 57.3 Å². The molecule has 0 aliphatic carbocycles. The van der Waals surface area contributed by atoms with E-state index in [2.05, 4.69) is 0 Å². The van der Waals surface area contributed by atoms with Crippen LogP contribution >= 0.6 is 0 Å². The van der Waals surface area contributed by atoms with Gasteiger partial charge in [-0.1, -0.05) is 0 Å². The zero-order valence-electron chi connectivity index (χ0n) is 11.6. The lowest BCUT2D eigenvalue weighted by Crippen LogP contribution is -2.47. The van der Waals surface area contributed by atoms with E-state index in [0.29, 0.717) is 12.5 Å². The average molecular weight is 258 g/mol. The Balaban J connectivity index is 1.85. The van der Waals surface area contributed by atoms with Gasteiger partial charge in [0.15, 0.2) is 0 Å². The lowest BCUT2D eigenvalue weighted by Gasteiger charge is -2.44. The van der Waals surface area contributed by atoms with E-state index in [1.807, 2.05) is 13.8 Å². The fraction of sp³-hybridized carbons (Fsp3) is 1.00. The van der Waals surface area contributed by atoms with Gasteiger partial charge in [0, 0.05) is 19.8 Å². The standard InChI is InChI=1S/C14H26O4/c1-11(2)17-10-13(15)12-3-6-18-14(9-12)4-7-16-8-5-14/h11-13,15H,3-10H2,1-2H3. The SMILES string of the molecule is CC(C)OCC(O)C1CCOC2(CCOCC2)C1. The first-order chi connectivity index (χ1) is 8.61. The maximum absolute atomic E-state index is 10.2. The Labute approximate surface area is 110 Å². The van der Waals surface area contributed by atoms with E-state index in [4.69, 9.17) is 14.2 Å². The van der Waals surface area contributed by atoms with E-state index < -0.39 is 0 Å². The summed E-state index contributed by atoms with van der Waals surface area (Å²) in [6, 6.07) is 0. The van der Waals surface area contributed by atoms with E-state index in [-0.39, 0.29) is 17.8 Å². The molecule has 2 fully saturated rings. The number of aliphatic hydroxyl groups is 1. The zero-order chi connectivity index (χ0) is 13.0. The molecule has 2 heterocycles. The van der Waals surface area contributed by atoms with Crippen LogP contribution in [0, 0.1) is 5.92 Å². The van der Waals surface area contributed by atoms with Crippen LogP contribution in [-0.2, 0) is 14.2 Å². The highest BCUT2D eigenvalue weighted by molar-refractivity contribution is 4.91. The molecule has 0 aromatic rings. The summed E-state index contributed by atoms with van der Waals surface area (Å²) in [4.78, 5) is 0. The molecule has 0 saturated carbocycles. The van der Waals surface area contributed by atoms with Gasteiger partial charge in [0.1, 0.15) is 0 Å². The maximum Gasteiger partial charge on any atom is 0.0803 e. The molecule has 18 heavy (non-hydrogen) atoms. The average Bonchev–Trinajstić information content (AvgIpc) is 2.37. The van der Waals surface area contributed by atoms with Gasteiger partial charge in [-0.3, -0.25) is 0 Å². The first kappa shape index (κ1) is 14.3. The van der Waals surface area contributed by atoms with E-state index in [9.17, 15) is 5.11 Å². The van der Waals surface area contributed by atoms with Gasteiger partial charge in [-0.05, 0) is 45.4 Å². The normalized spacial score (nSPS) is 29.7. The number of ether oxygens (including phenoxy) is 3. The van der Waals surface area contributed by atoms with E-state index in [1.54, 1.807) is 0 Å². The van der Waals surface area contributed by atoms with Gasteiger partial charge in [-0.25, -0.2) is 0 Å². The maximum atomic E-state index is 10.2. The molecule has 0 bridgehead atoms. The summed E-state index contributed by atoms with van der Waals surface area (Å²) in [5.74, 6) is 0.301. The summed E-state index contributed by atoms with van der Waals surface area (Å²) in [6.45, 7) is 6.75. The van der Waals surface area contributed by atoms with E-state index in [0.717, 1.165) is 45.5 Å². The third-order valence-corrected chi connectivity index (χ3v) is 4.08. The van der Waals surface area contributed by atoms with Crippen LogP contribution in [0.3, 0.4) is 0 Å². The molecule has 106 valence electrons. The second kappa shape index (κ2) is 6.33. The van der Waals surface area contributed by atoms with Gasteiger partial charge < -0.3 is 19.3 Å². The molecular weight excluding hydrogens is 232 g/mol. The predicted molar refractivity (Wildman–Crippen MR) is 68.6 cm³/mol. The van der Waals surface area contributed by atoms with Crippen molar-refractivity contribution in [1.29, 1.82) is 0 Å². The Morgan fingerprint density at radius 2 is 2.00 bits per heavy atom. The van der Waals surface area contributed by atoms with E-state index >= 15 is 0 Å². The minimum Gasteiger partial charge on any atom is -0.390 e. The van der Waals surface area contributed by atoms with Crippen molar-refractivity contribution >= 4 is 0 Å². The monoisotopic (exact) mass is 258 g/mol. The third-order valence-electron chi connectivity index (χ3n) is 4.08. The van der Waals surface area contributed by atoms with Crippen LogP contribution < -0.4 is 0 Å². The molecule has 4 nitrogen and oxygen atoms in total. The Kier molecular flexibility index (Phi) is 5.01. The Morgan fingerprint density at radius 1 is 1.28 bits per heavy atom. The number of rotatable bonds is 4. The lowest BCUT2D eigenvalue weighted by atomic mass is 9.78. The molecule has 0 radical (unpaired) electrons. The molecule has 2 atom stereocenters. The van der Waals surface area contributed by atoms with Crippen LogP contribution in [0.5, 0.6) is 0 Å². The van der Waals surface area contributed by atoms with Crippen molar-refractivity contribution in [2.24, 2.45) is 5.92 Å². The Bertz CT molecular complexity index is 243. The summed E-state index contributed by atoms with van der Waals surface area (Å²) in [5.41, 5.74) is -0.0417. The molecule has 4 heteroatoms. The lowest BCUT2D eigenvalue weighted by molar-refractivity contribution is -0.163. The van der Waals surface area contributed by atoms with Crippen molar-refractivity contribution in [3.8, 4) is 0 Å². The summed E-state index contributed by atoms with van der Waals surface area (Å²) in [7, 11) is 0. The van der Waals surface area contributed by atoms with Crippen LogP contribution in [0.25, 0.3) is 0 Å². The summed E-state index contributed by atoms with van der Waals surface area (Å²) in [6.07, 6.45) is 3.61. The second-order valence-corrected chi connectivity index (χ2v) is 5.85. The first-order valence-corrected chi connectivity index (χ1v) is 7.13. The van der Waals surface area contributed by atoms with Crippen LogP contribution in [0.4, 0.5) is 0 Å². The van der Waals surface area contributed by atoms with Gasteiger partial charge >= 0.3 is 0 Å². The largest absolute Gasteiger partial charge is 0.390 e. The highest BCUT2D eigenvalue weighted by Gasteiger charge is 2.40. The zero-order valence-corrected chi connectivity index (χ0v) is 11.6. The van der Waals surface area contributed by atoms with Gasteiger partial charge in [0.2, 0.25) is 0 Å². The minimum absolute atomic E-state index is 0.0417. The summed E-state index contributed by atoms with van der Waals surface area (Å²) in [5, 5.41) is 10.2. The van der Waals surface area contributed by atoms with Crippen molar-refractivity contribution in [2.75, 3.05) is 26.4 Å². The predicted octanol–water partition coefficient (Wildman–Crippen LogP) is 1.75. The fourth-order valence-corrected chi connectivity index (χ4v) is 2.91. The second-order valence-electron chi connectivity index (χ2n) is 5.85. The Hall–Kier alpha value is -0.160. The topological polar surface area (TPSA) is 47.9 Å². The molecule has 0 aromatic carbocycles. The number of aliphatic hydroxyl groups excluding tert-OH is 1. The smallest absolute Gasteiger partial charge is 0.0803 e.